The molecule has 1 unspecified atom stereocenters. The summed E-state index contributed by atoms with van der Waals surface area (Å²) in [6.07, 6.45) is 4.11. The van der Waals surface area contributed by atoms with Gasteiger partial charge >= 0.3 is 0 Å². The van der Waals surface area contributed by atoms with Gasteiger partial charge in [-0.2, -0.15) is 0 Å². The molecule has 1 fully saturated rings. The normalized spacial score (nSPS) is 17.0. The van der Waals surface area contributed by atoms with E-state index in [0.29, 0.717) is 26.1 Å². The topological polar surface area (TPSA) is 71.8 Å². The van der Waals surface area contributed by atoms with Crippen molar-refractivity contribution in [2.45, 2.75) is 58.4 Å². The van der Waals surface area contributed by atoms with Gasteiger partial charge in [0.25, 0.3) is 5.91 Å². The zero-order valence-corrected chi connectivity index (χ0v) is 16.5. The van der Waals surface area contributed by atoms with E-state index in [1.807, 2.05) is 38.1 Å². The summed E-state index contributed by atoms with van der Waals surface area (Å²) >= 11 is 0. The minimum absolute atomic E-state index is 0.126. The van der Waals surface area contributed by atoms with Crippen LogP contribution >= 0.6 is 0 Å². The van der Waals surface area contributed by atoms with Crippen molar-refractivity contribution >= 4 is 11.8 Å². The van der Waals surface area contributed by atoms with Gasteiger partial charge in [0.2, 0.25) is 5.91 Å². The van der Waals surface area contributed by atoms with Crippen LogP contribution in [0, 0.1) is 0 Å². The maximum atomic E-state index is 12.9. The van der Waals surface area contributed by atoms with Crippen molar-refractivity contribution in [3.63, 3.8) is 0 Å². The quantitative estimate of drug-likeness (QED) is 0.793. The molecule has 3 rings (SSSR count). The molecule has 1 atom stereocenters. The van der Waals surface area contributed by atoms with Crippen molar-refractivity contribution in [1.29, 1.82) is 0 Å². The van der Waals surface area contributed by atoms with Gasteiger partial charge in [-0.1, -0.05) is 24.3 Å². The van der Waals surface area contributed by atoms with Gasteiger partial charge in [0.1, 0.15) is 6.04 Å². The number of benzene rings is 1. The van der Waals surface area contributed by atoms with Crippen molar-refractivity contribution in [1.82, 2.24) is 10.2 Å². The molecular formula is C22H28N2O4. The molecule has 6 heteroatoms. The summed E-state index contributed by atoms with van der Waals surface area (Å²) in [7, 11) is 0. The third kappa shape index (κ3) is 5.01. The van der Waals surface area contributed by atoms with E-state index in [2.05, 4.69) is 5.32 Å². The number of likely N-dealkylation sites (tertiary alicyclic amines) is 1. The number of furan rings is 1. The number of piperidine rings is 1. The summed E-state index contributed by atoms with van der Waals surface area (Å²) < 4.78 is 10.9. The summed E-state index contributed by atoms with van der Waals surface area (Å²) in [4.78, 5) is 27.2. The Labute approximate surface area is 165 Å². The Morgan fingerprint density at radius 3 is 2.68 bits per heavy atom. The smallest absolute Gasteiger partial charge is 0.290 e. The van der Waals surface area contributed by atoms with E-state index in [-0.39, 0.29) is 23.7 Å². The molecule has 2 heterocycles. The Morgan fingerprint density at radius 2 is 1.96 bits per heavy atom. The van der Waals surface area contributed by atoms with E-state index < -0.39 is 6.04 Å². The van der Waals surface area contributed by atoms with Crippen LogP contribution in [0.1, 0.15) is 54.8 Å². The molecule has 0 saturated carbocycles. The highest BCUT2D eigenvalue weighted by Gasteiger charge is 2.33. The number of hydrogen-bond acceptors (Lipinski definition) is 4. The van der Waals surface area contributed by atoms with Crippen LogP contribution in [0.2, 0.25) is 0 Å². The fraction of sp³-hybridized carbons (Fsp3) is 0.455. The molecule has 28 heavy (non-hydrogen) atoms. The van der Waals surface area contributed by atoms with Crippen LogP contribution in [0.5, 0.6) is 0 Å². The molecule has 150 valence electrons. The van der Waals surface area contributed by atoms with Crippen LogP contribution in [0.15, 0.2) is 47.1 Å². The van der Waals surface area contributed by atoms with Crippen molar-refractivity contribution < 1.29 is 18.7 Å². The maximum absolute atomic E-state index is 12.9. The lowest BCUT2D eigenvalue weighted by Crippen LogP contribution is -2.51. The first kappa shape index (κ1) is 20.1. The molecule has 1 saturated heterocycles. The predicted octanol–water partition coefficient (Wildman–Crippen LogP) is 3.52. The monoisotopic (exact) mass is 384 g/mol. The van der Waals surface area contributed by atoms with Crippen molar-refractivity contribution in [3.05, 3.63) is 59.5 Å². The summed E-state index contributed by atoms with van der Waals surface area (Å²) in [6, 6.07) is 10.8. The first-order chi connectivity index (χ1) is 13.6. The van der Waals surface area contributed by atoms with Crippen LogP contribution in [0.4, 0.5) is 0 Å². The van der Waals surface area contributed by atoms with Gasteiger partial charge < -0.3 is 19.4 Å². The van der Waals surface area contributed by atoms with Crippen molar-refractivity contribution in [2.24, 2.45) is 0 Å². The number of ether oxygens (including phenoxy) is 1. The Kier molecular flexibility index (Phi) is 6.87. The van der Waals surface area contributed by atoms with Gasteiger partial charge in [0, 0.05) is 13.1 Å². The summed E-state index contributed by atoms with van der Waals surface area (Å²) in [6.45, 7) is 5.48. The SMILES string of the molecule is CC(C)OCc1ccccc1CNC(=O)C1CCCCN1C(=O)c1ccco1. The van der Waals surface area contributed by atoms with Gasteiger partial charge in [-0.25, -0.2) is 0 Å². The first-order valence-corrected chi connectivity index (χ1v) is 9.87. The van der Waals surface area contributed by atoms with Crippen molar-refractivity contribution in [3.8, 4) is 0 Å². The fourth-order valence-corrected chi connectivity index (χ4v) is 3.42. The average molecular weight is 384 g/mol. The molecular weight excluding hydrogens is 356 g/mol. The molecule has 6 nitrogen and oxygen atoms in total. The van der Waals surface area contributed by atoms with Crippen LogP contribution in [-0.2, 0) is 22.7 Å². The second kappa shape index (κ2) is 9.55. The molecule has 1 aromatic heterocycles. The van der Waals surface area contributed by atoms with Gasteiger partial charge in [-0.05, 0) is 56.4 Å². The molecule has 1 aromatic carbocycles. The van der Waals surface area contributed by atoms with Gasteiger partial charge in [0.05, 0.1) is 19.0 Å². The zero-order valence-electron chi connectivity index (χ0n) is 16.5. The number of rotatable bonds is 7. The summed E-state index contributed by atoms with van der Waals surface area (Å²) in [5.41, 5.74) is 2.08. The lowest BCUT2D eigenvalue weighted by Gasteiger charge is -2.34. The van der Waals surface area contributed by atoms with Crippen LogP contribution in [0.25, 0.3) is 0 Å². The lowest BCUT2D eigenvalue weighted by atomic mass is 10.0. The van der Waals surface area contributed by atoms with E-state index in [1.54, 1.807) is 17.0 Å². The first-order valence-electron chi connectivity index (χ1n) is 9.87. The Bertz CT molecular complexity index is 786. The molecule has 0 aliphatic carbocycles. The molecule has 2 amide bonds. The number of nitrogens with one attached hydrogen (secondary N) is 1. The summed E-state index contributed by atoms with van der Waals surface area (Å²) in [5, 5.41) is 3.01. The number of nitrogens with zero attached hydrogens (tertiary/aromatic N) is 1. The number of hydrogen-bond donors (Lipinski definition) is 1. The Hall–Kier alpha value is -2.60. The van der Waals surface area contributed by atoms with Crippen molar-refractivity contribution in [2.75, 3.05) is 6.54 Å². The number of amides is 2. The highest BCUT2D eigenvalue weighted by atomic mass is 16.5. The molecule has 1 N–H and O–H groups in total. The standard InChI is InChI=1S/C22H28N2O4/c1-16(2)28-15-18-9-4-3-8-17(18)14-23-21(25)19-10-5-6-12-24(19)22(26)20-11-7-13-27-20/h3-4,7-9,11,13,16,19H,5-6,10,12,14-15H2,1-2H3,(H,23,25). The van der Waals surface area contributed by atoms with Crippen LogP contribution in [0.3, 0.4) is 0 Å². The molecule has 2 aromatic rings. The minimum atomic E-state index is -0.467. The molecule has 1 aliphatic heterocycles. The van der Waals surface area contributed by atoms with Gasteiger partial charge in [-0.3, -0.25) is 9.59 Å². The molecule has 1 aliphatic rings. The highest BCUT2D eigenvalue weighted by molar-refractivity contribution is 5.95. The second-order valence-electron chi connectivity index (χ2n) is 7.33. The predicted molar refractivity (Wildman–Crippen MR) is 106 cm³/mol. The third-order valence-electron chi connectivity index (χ3n) is 4.94. The van der Waals surface area contributed by atoms with E-state index in [1.165, 1.54) is 6.26 Å². The number of carbonyl (C=O) groups is 2. The largest absolute Gasteiger partial charge is 0.459 e. The second-order valence-corrected chi connectivity index (χ2v) is 7.33. The lowest BCUT2D eigenvalue weighted by molar-refractivity contribution is -0.126. The number of carbonyl (C=O) groups excluding carboxylic acids is 2. The van der Waals surface area contributed by atoms with Crippen LogP contribution < -0.4 is 5.32 Å². The Morgan fingerprint density at radius 1 is 1.18 bits per heavy atom. The molecule has 0 bridgehead atoms. The summed E-state index contributed by atoms with van der Waals surface area (Å²) in [5.74, 6) is -0.0781. The van der Waals surface area contributed by atoms with E-state index in [9.17, 15) is 9.59 Å². The molecule has 0 spiro atoms. The van der Waals surface area contributed by atoms with Gasteiger partial charge in [0.15, 0.2) is 5.76 Å². The zero-order chi connectivity index (χ0) is 19.9. The third-order valence-corrected chi connectivity index (χ3v) is 4.94. The fourth-order valence-electron chi connectivity index (χ4n) is 3.42. The Balaban J connectivity index is 1.64. The maximum Gasteiger partial charge on any atom is 0.290 e. The van der Waals surface area contributed by atoms with E-state index in [4.69, 9.17) is 9.15 Å². The molecule has 0 radical (unpaired) electrons. The van der Waals surface area contributed by atoms with E-state index in [0.717, 1.165) is 24.0 Å². The highest BCUT2D eigenvalue weighted by Crippen LogP contribution is 2.20. The average Bonchev–Trinajstić information content (AvgIpc) is 3.25. The minimum Gasteiger partial charge on any atom is -0.459 e. The van der Waals surface area contributed by atoms with Gasteiger partial charge in [-0.15, -0.1) is 0 Å². The van der Waals surface area contributed by atoms with E-state index >= 15 is 0 Å². The van der Waals surface area contributed by atoms with Crippen LogP contribution in [-0.4, -0.2) is 35.4 Å².